The lowest BCUT2D eigenvalue weighted by Crippen LogP contribution is -2.36. The van der Waals surface area contributed by atoms with E-state index < -0.39 is 0 Å². The van der Waals surface area contributed by atoms with E-state index in [1.54, 1.807) is 42.2 Å². The summed E-state index contributed by atoms with van der Waals surface area (Å²) in [5.74, 6) is -0.390. The van der Waals surface area contributed by atoms with Gasteiger partial charge in [-0.25, -0.2) is 0 Å². The van der Waals surface area contributed by atoms with Crippen LogP contribution in [0, 0.1) is 0 Å². The van der Waals surface area contributed by atoms with Crippen molar-refractivity contribution in [1.82, 2.24) is 19.7 Å². The zero-order valence-corrected chi connectivity index (χ0v) is 16.3. The number of rotatable bonds is 8. The average molecular weight is 414 g/mol. The number of anilines is 1. The summed E-state index contributed by atoms with van der Waals surface area (Å²) in [5, 5.41) is 11.8. The van der Waals surface area contributed by atoms with Crippen LogP contribution >= 0.6 is 35.0 Å². The van der Waals surface area contributed by atoms with Crippen molar-refractivity contribution >= 4 is 52.5 Å². The Hall–Kier alpha value is -2.03. The summed E-state index contributed by atoms with van der Waals surface area (Å²) in [6, 6.07) is 4.77. The third-order valence-electron chi connectivity index (χ3n) is 3.24. The van der Waals surface area contributed by atoms with Gasteiger partial charge in [-0.05, 0) is 18.2 Å². The van der Waals surface area contributed by atoms with E-state index in [4.69, 9.17) is 23.2 Å². The van der Waals surface area contributed by atoms with Crippen LogP contribution in [0.25, 0.3) is 0 Å². The lowest BCUT2D eigenvalue weighted by molar-refractivity contribution is -0.131. The summed E-state index contributed by atoms with van der Waals surface area (Å²) in [6.07, 6.45) is 3.29. The van der Waals surface area contributed by atoms with Gasteiger partial charge in [-0.15, -0.1) is 16.8 Å². The Bertz CT molecular complexity index is 812. The fourth-order valence-corrected chi connectivity index (χ4v) is 3.10. The Labute approximate surface area is 165 Å². The lowest BCUT2D eigenvalue weighted by atomic mass is 10.3. The van der Waals surface area contributed by atoms with Crippen molar-refractivity contribution in [3.05, 3.63) is 47.2 Å². The minimum absolute atomic E-state index is 0.0843. The van der Waals surface area contributed by atoms with E-state index in [0.29, 0.717) is 27.4 Å². The number of nitrogens with zero attached hydrogens (tertiary/aromatic N) is 4. The molecular weight excluding hydrogens is 397 g/mol. The first-order chi connectivity index (χ1) is 12.4. The first-order valence-electron chi connectivity index (χ1n) is 7.51. The number of carbonyl (C=O) groups excluding carboxylic acids is 2. The molecule has 0 aliphatic carbocycles. The number of thioether (sulfide) groups is 1. The second kappa shape index (κ2) is 9.61. The number of halogens is 2. The van der Waals surface area contributed by atoms with Crippen LogP contribution in [-0.4, -0.2) is 50.8 Å². The third-order valence-corrected chi connectivity index (χ3v) is 4.95. The molecule has 0 aliphatic heterocycles. The highest BCUT2D eigenvalue weighted by Crippen LogP contribution is 2.25. The van der Waals surface area contributed by atoms with Crippen molar-refractivity contribution in [1.29, 1.82) is 0 Å². The number of aromatic nitrogens is 3. The van der Waals surface area contributed by atoms with E-state index in [-0.39, 0.29) is 24.1 Å². The Morgan fingerprint density at radius 3 is 2.85 bits per heavy atom. The second-order valence-electron chi connectivity index (χ2n) is 5.27. The molecule has 7 nitrogen and oxygen atoms in total. The highest BCUT2D eigenvalue weighted by Gasteiger charge is 2.15. The van der Waals surface area contributed by atoms with E-state index in [1.807, 2.05) is 0 Å². The van der Waals surface area contributed by atoms with Crippen molar-refractivity contribution in [3.8, 4) is 0 Å². The van der Waals surface area contributed by atoms with Gasteiger partial charge in [-0.2, -0.15) is 0 Å². The summed E-state index contributed by atoms with van der Waals surface area (Å²) < 4.78 is 1.78. The van der Waals surface area contributed by atoms with Crippen LogP contribution in [0.4, 0.5) is 5.69 Å². The average Bonchev–Trinajstić information content (AvgIpc) is 3.03. The monoisotopic (exact) mass is 413 g/mol. The molecule has 0 saturated carbocycles. The van der Waals surface area contributed by atoms with Gasteiger partial charge in [0.05, 0.1) is 22.3 Å². The summed E-state index contributed by atoms with van der Waals surface area (Å²) in [7, 11) is 1.56. The molecular formula is C16H17Cl2N5O2S. The van der Waals surface area contributed by atoms with Gasteiger partial charge in [0.1, 0.15) is 6.33 Å². The normalized spacial score (nSPS) is 10.4. The van der Waals surface area contributed by atoms with E-state index in [1.165, 1.54) is 16.7 Å². The maximum atomic E-state index is 12.2. The van der Waals surface area contributed by atoms with Crippen molar-refractivity contribution in [2.75, 3.05) is 24.7 Å². The topological polar surface area (TPSA) is 80.1 Å². The van der Waals surface area contributed by atoms with Crippen molar-refractivity contribution in [2.45, 2.75) is 11.7 Å². The highest BCUT2D eigenvalue weighted by atomic mass is 35.5. The quantitative estimate of drug-likeness (QED) is 0.531. The molecule has 1 heterocycles. The maximum Gasteiger partial charge on any atom is 0.243 e. The maximum absolute atomic E-state index is 12.2. The van der Waals surface area contributed by atoms with Crippen molar-refractivity contribution < 1.29 is 9.59 Å². The molecule has 1 aromatic carbocycles. The molecule has 0 fully saturated rings. The van der Waals surface area contributed by atoms with Crippen LogP contribution < -0.4 is 5.32 Å². The van der Waals surface area contributed by atoms with Gasteiger partial charge in [0, 0.05) is 19.3 Å². The summed E-state index contributed by atoms with van der Waals surface area (Å²) in [5.41, 5.74) is 0.511. The molecule has 26 heavy (non-hydrogen) atoms. The molecule has 1 aromatic heterocycles. The standard InChI is InChI=1S/C16H17Cl2N5O2S/c1-3-6-23-10-19-21-16(23)26-9-15(25)22(2)8-14(24)20-11-4-5-12(17)13(18)7-11/h3-5,7,10H,1,6,8-9H2,2H3,(H,20,24). The third kappa shape index (κ3) is 5.76. The molecule has 2 rings (SSSR count). The summed E-state index contributed by atoms with van der Waals surface area (Å²) in [6.45, 7) is 4.13. The van der Waals surface area contributed by atoms with Crippen LogP contribution in [0.5, 0.6) is 0 Å². The minimum Gasteiger partial charge on any atom is -0.336 e. The summed E-state index contributed by atoms with van der Waals surface area (Å²) in [4.78, 5) is 25.6. The molecule has 2 amide bonds. The van der Waals surface area contributed by atoms with E-state index >= 15 is 0 Å². The molecule has 2 aromatic rings. The highest BCUT2D eigenvalue weighted by molar-refractivity contribution is 7.99. The van der Waals surface area contributed by atoms with Gasteiger partial charge >= 0.3 is 0 Å². The number of benzene rings is 1. The number of carbonyl (C=O) groups is 2. The van der Waals surface area contributed by atoms with Gasteiger partial charge in [0.15, 0.2) is 5.16 Å². The van der Waals surface area contributed by atoms with Crippen molar-refractivity contribution in [3.63, 3.8) is 0 Å². The predicted molar refractivity (Wildman–Crippen MR) is 104 cm³/mol. The molecule has 0 unspecified atom stereocenters. The number of nitrogens with one attached hydrogen (secondary N) is 1. The molecule has 0 saturated heterocycles. The molecule has 0 atom stereocenters. The van der Waals surface area contributed by atoms with Gasteiger partial charge < -0.3 is 14.8 Å². The van der Waals surface area contributed by atoms with Crippen LogP contribution in [-0.2, 0) is 16.1 Å². The largest absolute Gasteiger partial charge is 0.336 e. The van der Waals surface area contributed by atoms with Crippen LogP contribution in [0.15, 0.2) is 42.3 Å². The number of allylic oxidation sites excluding steroid dienone is 1. The first-order valence-corrected chi connectivity index (χ1v) is 9.25. The van der Waals surface area contributed by atoms with E-state index in [2.05, 4.69) is 22.1 Å². The SMILES string of the molecule is C=CCn1cnnc1SCC(=O)N(C)CC(=O)Nc1ccc(Cl)c(Cl)c1. The van der Waals surface area contributed by atoms with Gasteiger partial charge in [0.2, 0.25) is 11.8 Å². The number of hydrogen-bond donors (Lipinski definition) is 1. The second-order valence-corrected chi connectivity index (χ2v) is 7.03. The predicted octanol–water partition coefficient (Wildman–Crippen LogP) is 2.96. The molecule has 0 aliphatic rings. The van der Waals surface area contributed by atoms with E-state index in [0.717, 1.165) is 0 Å². The van der Waals surface area contributed by atoms with Gasteiger partial charge in [-0.1, -0.05) is 41.0 Å². The molecule has 138 valence electrons. The Morgan fingerprint density at radius 1 is 1.38 bits per heavy atom. The van der Waals surface area contributed by atoms with Gasteiger partial charge in [-0.3, -0.25) is 9.59 Å². The summed E-state index contributed by atoms with van der Waals surface area (Å²) >= 11 is 13.0. The minimum atomic E-state index is -0.334. The van der Waals surface area contributed by atoms with Gasteiger partial charge in [0.25, 0.3) is 0 Å². The smallest absolute Gasteiger partial charge is 0.243 e. The lowest BCUT2D eigenvalue weighted by Gasteiger charge is -2.16. The Kier molecular flexibility index (Phi) is 7.50. The van der Waals surface area contributed by atoms with E-state index in [9.17, 15) is 9.59 Å². The van der Waals surface area contributed by atoms with Crippen molar-refractivity contribution in [2.24, 2.45) is 0 Å². The fraction of sp³-hybridized carbons (Fsp3) is 0.250. The molecule has 0 bridgehead atoms. The number of likely N-dealkylation sites (N-methyl/N-ethyl adjacent to an activating group) is 1. The fourth-order valence-electron chi connectivity index (χ4n) is 1.93. The molecule has 10 heteroatoms. The Balaban J connectivity index is 1.83. The Morgan fingerprint density at radius 2 is 2.15 bits per heavy atom. The van der Waals surface area contributed by atoms with Crippen LogP contribution in [0.1, 0.15) is 0 Å². The van der Waals surface area contributed by atoms with Crippen LogP contribution in [0.2, 0.25) is 10.0 Å². The number of amides is 2. The number of hydrogen-bond acceptors (Lipinski definition) is 5. The molecule has 0 radical (unpaired) electrons. The first kappa shape index (κ1) is 20.3. The zero-order valence-electron chi connectivity index (χ0n) is 14.0. The molecule has 0 spiro atoms. The zero-order chi connectivity index (χ0) is 19.1. The molecule has 1 N–H and O–H groups in total. The van der Waals surface area contributed by atoms with Crippen LogP contribution in [0.3, 0.4) is 0 Å².